The van der Waals surface area contributed by atoms with E-state index in [-0.39, 0.29) is 41.2 Å². The molecule has 1 aliphatic rings. The molecule has 182 valence electrons. The van der Waals surface area contributed by atoms with Gasteiger partial charge in [0.15, 0.2) is 0 Å². The zero-order valence-electron chi connectivity index (χ0n) is 19.6. The Morgan fingerprint density at radius 1 is 0.568 bits per heavy atom. The van der Waals surface area contributed by atoms with Crippen molar-refractivity contribution in [2.24, 2.45) is 0 Å². The second-order valence-corrected chi connectivity index (χ2v) is 8.38. The number of rotatable bonds is 7. The molecule has 4 aromatic carbocycles. The van der Waals surface area contributed by atoms with Gasteiger partial charge in [0.1, 0.15) is 13.2 Å². The van der Waals surface area contributed by atoms with Crippen molar-refractivity contribution in [3.63, 3.8) is 0 Å². The van der Waals surface area contributed by atoms with Crippen LogP contribution < -0.4 is 4.90 Å². The van der Waals surface area contributed by atoms with Gasteiger partial charge in [-0.25, -0.2) is 14.5 Å². The van der Waals surface area contributed by atoms with Crippen molar-refractivity contribution in [3.05, 3.63) is 137 Å². The van der Waals surface area contributed by atoms with E-state index in [2.05, 4.69) is 0 Å². The van der Waals surface area contributed by atoms with Gasteiger partial charge >= 0.3 is 11.9 Å². The second-order valence-electron chi connectivity index (χ2n) is 8.38. The predicted molar refractivity (Wildman–Crippen MR) is 135 cm³/mol. The average molecular weight is 491 g/mol. The zero-order valence-corrected chi connectivity index (χ0v) is 19.6. The normalized spacial score (nSPS) is 12.3. The first-order chi connectivity index (χ1) is 18.0. The minimum absolute atomic E-state index is 0.0862. The first-order valence-corrected chi connectivity index (χ1v) is 11.6. The maximum absolute atomic E-state index is 13.2. The SMILES string of the molecule is O=C(OCc1ccccc1)c1cccc(N2C(=O)c3ccc(C(=O)OCc4ccccc4)cc3C2=O)c1. The maximum Gasteiger partial charge on any atom is 0.338 e. The van der Waals surface area contributed by atoms with Crippen molar-refractivity contribution in [1.82, 2.24) is 0 Å². The summed E-state index contributed by atoms with van der Waals surface area (Å²) in [7, 11) is 0. The van der Waals surface area contributed by atoms with Crippen LogP contribution in [0.3, 0.4) is 0 Å². The van der Waals surface area contributed by atoms with Gasteiger partial charge in [-0.05, 0) is 47.5 Å². The lowest BCUT2D eigenvalue weighted by molar-refractivity contribution is 0.0464. The average Bonchev–Trinajstić information content (AvgIpc) is 3.20. The van der Waals surface area contributed by atoms with E-state index in [1.54, 1.807) is 18.2 Å². The Balaban J connectivity index is 1.31. The van der Waals surface area contributed by atoms with Crippen molar-refractivity contribution < 1.29 is 28.7 Å². The predicted octanol–water partition coefficient (Wildman–Crippen LogP) is 5.20. The Kier molecular flexibility index (Phi) is 6.59. The van der Waals surface area contributed by atoms with Gasteiger partial charge in [-0.3, -0.25) is 9.59 Å². The molecule has 4 aromatic rings. The molecule has 0 unspecified atom stereocenters. The number of amides is 2. The summed E-state index contributed by atoms with van der Waals surface area (Å²) >= 11 is 0. The smallest absolute Gasteiger partial charge is 0.338 e. The van der Waals surface area contributed by atoms with E-state index < -0.39 is 23.8 Å². The quantitative estimate of drug-likeness (QED) is 0.261. The molecule has 0 saturated heterocycles. The highest BCUT2D eigenvalue weighted by molar-refractivity contribution is 6.34. The molecule has 0 radical (unpaired) electrons. The number of carbonyl (C=O) groups excluding carboxylic acids is 4. The third-order valence-electron chi connectivity index (χ3n) is 5.89. The molecule has 0 aliphatic carbocycles. The van der Waals surface area contributed by atoms with Gasteiger partial charge < -0.3 is 9.47 Å². The van der Waals surface area contributed by atoms with E-state index in [0.29, 0.717) is 0 Å². The summed E-state index contributed by atoms with van der Waals surface area (Å²) in [5.74, 6) is -2.31. The van der Waals surface area contributed by atoms with E-state index in [1.807, 2.05) is 60.7 Å². The highest BCUT2D eigenvalue weighted by Gasteiger charge is 2.37. The van der Waals surface area contributed by atoms with Gasteiger partial charge in [-0.1, -0.05) is 66.7 Å². The number of fused-ring (bicyclic) bond motifs is 1. The van der Waals surface area contributed by atoms with E-state index in [1.165, 1.54) is 24.3 Å². The molecule has 5 rings (SSSR count). The minimum Gasteiger partial charge on any atom is -0.457 e. The van der Waals surface area contributed by atoms with Gasteiger partial charge in [-0.2, -0.15) is 0 Å². The van der Waals surface area contributed by atoms with Crippen LogP contribution >= 0.6 is 0 Å². The van der Waals surface area contributed by atoms with Gasteiger partial charge in [0, 0.05) is 0 Å². The highest BCUT2D eigenvalue weighted by atomic mass is 16.5. The number of hydrogen-bond donors (Lipinski definition) is 0. The number of nitrogens with zero attached hydrogens (tertiary/aromatic N) is 1. The topological polar surface area (TPSA) is 90.0 Å². The number of esters is 2. The van der Waals surface area contributed by atoms with Crippen LogP contribution in [-0.4, -0.2) is 23.8 Å². The summed E-state index contributed by atoms with van der Waals surface area (Å²) in [5, 5.41) is 0. The molecule has 0 bridgehead atoms. The summed E-state index contributed by atoms with van der Waals surface area (Å²) in [6, 6.07) is 28.8. The monoisotopic (exact) mass is 491 g/mol. The number of hydrogen-bond acceptors (Lipinski definition) is 6. The van der Waals surface area contributed by atoms with Crippen LogP contribution in [0.25, 0.3) is 0 Å². The third-order valence-corrected chi connectivity index (χ3v) is 5.89. The molecule has 0 aromatic heterocycles. The molecular weight excluding hydrogens is 470 g/mol. The highest BCUT2D eigenvalue weighted by Crippen LogP contribution is 2.30. The Labute approximate surface area is 212 Å². The van der Waals surface area contributed by atoms with Crippen LogP contribution in [0.15, 0.2) is 103 Å². The Hall–Kier alpha value is -5.04. The van der Waals surface area contributed by atoms with Gasteiger partial charge in [0.05, 0.1) is 27.9 Å². The standard InChI is InChI=1S/C30H21NO6/c32-27-25-15-14-23(30(35)37-19-21-10-5-2-6-11-21)17-26(25)28(33)31(27)24-13-7-12-22(16-24)29(34)36-18-20-8-3-1-4-9-20/h1-17H,18-19H2. The molecule has 0 spiro atoms. The number of ether oxygens (including phenoxy) is 2. The van der Waals surface area contributed by atoms with Crippen molar-refractivity contribution in [2.75, 3.05) is 4.90 Å². The van der Waals surface area contributed by atoms with E-state index in [9.17, 15) is 19.2 Å². The summed E-state index contributed by atoms with van der Waals surface area (Å²) in [4.78, 5) is 52.4. The summed E-state index contributed by atoms with van der Waals surface area (Å²) < 4.78 is 10.7. The number of carbonyl (C=O) groups is 4. The minimum atomic E-state index is -0.603. The molecule has 0 N–H and O–H groups in total. The maximum atomic E-state index is 13.2. The van der Waals surface area contributed by atoms with Crippen molar-refractivity contribution in [2.45, 2.75) is 13.2 Å². The fourth-order valence-electron chi connectivity index (χ4n) is 3.99. The summed E-state index contributed by atoms with van der Waals surface area (Å²) in [6.07, 6.45) is 0. The van der Waals surface area contributed by atoms with Crippen molar-refractivity contribution in [1.29, 1.82) is 0 Å². The fraction of sp³-hybridized carbons (Fsp3) is 0.0667. The molecule has 7 nitrogen and oxygen atoms in total. The summed E-state index contributed by atoms with van der Waals surface area (Å²) in [6.45, 7) is 0.184. The van der Waals surface area contributed by atoms with Crippen molar-refractivity contribution in [3.8, 4) is 0 Å². The molecule has 1 heterocycles. The second kappa shape index (κ2) is 10.3. The Bertz CT molecular complexity index is 1500. The molecule has 0 atom stereocenters. The van der Waals surface area contributed by atoms with Crippen LogP contribution in [0.5, 0.6) is 0 Å². The van der Waals surface area contributed by atoms with Gasteiger partial charge in [0.2, 0.25) is 0 Å². The number of imide groups is 1. The lowest BCUT2D eigenvalue weighted by Crippen LogP contribution is -2.29. The summed E-state index contributed by atoms with van der Waals surface area (Å²) in [5.41, 5.74) is 2.53. The largest absolute Gasteiger partial charge is 0.457 e. The molecule has 0 saturated carbocycles. The van der Waals surface area contributed by atoms with Crippen LogP contribution in [0, 0.1) is 0 Å². The Morgan fingerprint density at radius 3 is 1.70 bits per heavy atom. The van der Waals surface area contributed by atoms with E-state index >= 15 is 0 Å². The van der Waals surface area contributed by atoms with Gasteiger partial charge in [0.25, 0.3) is 11.8 Å². The number of benzene rings is 4. The lowest BCUT2D eigenvalue weighted by atomic mass is 10.1. The van der Waals surface area contributed by atoms with Crippen LogP contribution in [0.1, 0.15) is 52.6 Å². The molecule has 0 fully saturated rings. The molecular formula is C30H21NO6. The van der Waals surface area contributed by atoms with Crippen LogP contribution in [0.4, 0.5) is 5.69 Å². The fourth-order valence-corrected chi connectivity index (χ4v) is 3.99. The first kappa shape index (κ1) is 23.7. The van der Waals surface area contributed by atoms with Crippen molar-refractivity contribution >= 4 is 29.4 Å². The lowest BCUT2D eigenvalue weighted by Gasteiger charge is -2.15. The van der Waals surface area contributed by atoms with E-state index in [0.717, 1.165) is 16.0 Å². The first-order valence-electron chi connectivity index (χ1n) is 11.6. The molecule has 2 amide bonds. The van der Waals surface area contributed by atoms with Gasteiger partial charge in [-0.15, -0.1) is 0 Å². The molecule has 1 aliphatic heterocycles. The Morgan fingerprint density at radius 2 is 1.11 bits per heavy atom. The van der Waals surface area contributed by atoms with E-state index in [4.69, 9.17) is 9.47 Å². The zero-order chi connectivity index (χ0) is 25.8. The van der Waals surface area contributed by atoms with Crippen LogP contribution in [-0.2, 0) is 22.7 Å². The van der Waals surface area contributed by atoms with Crippen LogP contribution in [0.2, 0.25) is 0 Å². The number of anilines is 1. The molecule has 37 heavy (non-hydrogen) atoms. The molecule has 7 heteroatoms. The third kappa shape index (κ3) is 5.01.